The Morgan fingerprint density at radius 2 is 1.22 bits per heavy atom. The summed E-state index contributed by atoms with van der Waals surface area (Å²) in [5.41, 5.74) is 0. The average molecular weight is 266 g/mol. The summed E-state index contributed by atoms with van der Waals surface area (Å²) in [5, 5.41) is 7.72. The SMILES string of the molecule is CC.CCC(=O)O.CCC(=O)OC.COC(C)=O. The first-order valence-corrected chi connectivity index (χ1v) is 5.68. The second kappa shape index (κ2) is 24.6. The number of ether oxygens (including phenoxy) is 2. The number of aliphatic carboxylic acids is 1. The van der Waals surface area contributed by atoms with Gasteiger partial charge in [-0.05, 0) is 0 Å². The third-order valence-electron chi connectivity index (χ3n) is 1.11. The number of carbonyl (C=O) groups excluding carboxylic acids is 2. The summed E-state index contributed by atoms with van der Waals surface area (Å²) in [4.78, 5) is 28.9. The molecule has 0 bridgehead atoms. The number of carbonyl (C=O) groups is 3. The van der Waals surface area contributed by atoms with Gasteiger partial charge in [0.05, 0.1) is 14.2 Å². The fourth-order valence-corrected chi connectivity index (χ4v) is 0.144. The first-order chi connectivity index (χ1) is 8.35. The zero-order chi connectivity index (χ0) is 15.6. The van der Waals surface area contributed by atoms with E-state index in [0.717, 1.165) is 0 Å². The summed E-state index contributed by atoms with van der Waals surface area (Å²) < 4.78 is 8.37. The van der Waals surface area contributed by atoms with Crippen molar-refractivity contribution < 1.29 is 29.0 Å². The van der Waals surface area contributed by atoms with Crippen LogP contribution in [-0.2, 0) is 23.9 Å². The molecule has 0 saturated heterocycles. The molecule has 0 atom stereocenters. The number of hydrogen-bond acceptors (Lipinski definition) is 5. The molecule has 0 radical (unpaired) electrons. The van der Waals surface area contributed by atoms with Crippen LogP contribution < -0.4 is 0 Å². The van der Waals surface area contributed by atoms with Crippen LogP contribution in [0.1, 0.15) is 47.5 Å². The normalized spacial score (nSPS) is 6.83. The Morgan fingerprint density at radius 1 is 0.944 bits per heavy atom. The zero-order valence-electron chi connectivity index (χ0n) is 12.4. The predicted octanol–water partition coefficient (Wildman–Crippen LogP) is 2.26. The number of rotatable bonds is 2. The molecule has 18 heavy (non-hydrogen) atoms. The van der Waals surface area contributed by atoms with Gasteiger partial charge in [-0.3, -0.25) is 14.4 Å². The molecule has 0 aromatic heterocycles. The van der Waals surface area contributed by atoms with E-state index in [1.165, 1.54) is 21.1 Å². The molecule has 0 aliphatic heterocycles. The highest BCUT2D eigenvalue weighted by Gasteiger charge is 1.87. The van der Waals surface area contributed by atoms with Crippen molar-refractivity contribution in [3.8, 4) is 0 Å². The number of carboxylic acids is 1. The maximum absolute atomic E-state index is 9.96. The van der Waals surface area contributed by atoms with Crippen LogP contribution in [0.3, 0.4) is 0 Å². The standard InChI is InChI=1S/C4H8O2.2C3H6O2.C2H6/c1-3-4(5)6-2;1-3(4)5-2;1-2-3(4)5;1-2/h3H2,1-2H3;1-2H3;2H2,1H3,(H,4,5);1-2H3. The predicted molar refractivity (Wildman–Crippen MR) is 69.3 cm³/mol. The third-order valence-corrected chi connectivity index (χ3v) is 1.11. The maximum Gasteiger partial charge on any atom is 0.305 e. The van der Waals surface area contributed by atoms with Crippen LogP contribution in [0, 0.1) is 0 Å². The highest BCUT2D eigenvalue weighted by Crippen LogP contribution is 1.76. The van der Waals surface area contributed by atoms with Gasteiger partial charge < -0.3 is 14.6 Å². The number of methoxy groups -OCH3 is 2. The molecule has 0 rings (SSSR count). The molecule has 0 saturated carbocycles. The second-order valence-electron chi connectivity index (χ2n) is 2.37. The molecular weight excluding hydrogens is 240 g/mol. The van der Waals surface area contributed by atoms with Gasteiger partial charge in [-0.25, -0.2) is 0 Å². The fraction of sp³-hybridized carbons (Fsp3) is 0.750. The minimum absolute atomic E-state index is 0.157. The molecule has 6 nitrogen and oxygen atoms in total. The Balaban J connectivity index is -0.0000000766. The Labute approximate surface area is 109 Å². The fourth-order valence-electron chi connectivity index (χ4n) is 0.144. The van der Waals surface area contributed by atoms with Crippen molar-refractivity contribution in [3.63, 3.8) is 0 Å². The summed E-state index contributed by atoms with van der Waals surface area (Å²) in [7, 11) is 2.73. The molecule has 0 aliphatic carbocycles. The summed E-state index contributed by atoms with van der Waals surface area (Å²) in [5.74, 6) is -1.15. The minimum Gasteiger partial charge on any atom is -0.481 e. The Kier molecular flexibility index (Phi) is 34.6. The van der Waals surface area contributed by atoms with Crippen LogP contribution in [0.15, 0.2) is 0 Å². The Hall–Kier alpha value is -1.59. The Bertz CT molecular complexity index is 181. The van der Waals surface area contributed by atoms with Crippen LogP contribution in [0.2, 0.25) is 0 Å². The van der Waals surface area contributed by atoms with Crippen molar-refractivity contribution in [3.05, 3.63) is 0 Å². The van der Waals surface area contributed by atoms with Crippen molar-refractivity contribution in [2.45, 2.75) is 47.5 Å². The lowest BCUT2D eigenvalue weighted by Gasteiger charge is -1.87. The minimum atomic E-state index is -0.745. The lowest BCUT2D eigenvalue weighted by Crippen LogP contribution is -1.94. The molecule has 0 amide bonds. The highest BCUT2D eigenvalue weighted by molar-refractivity contribution is 5.68. The Morgan fingerprint density at radius 3 is 1.22 bits per heavy atom. The van der Waals surface area contributed by atoms with E-state index in [1.54, 1.807) is 13.8 Å². The van der Waals surface area contributed by atoms with Gasteiger partial charge in [0.25, 0.3) is 0 Å². The highest BCUT2D eigenvalue weighted by atomic mass is 16.5. The largest absolute Gasteiger partial charge is 0.481 e. The molecular formula is C12H26O6. The zero-order valence-corrected chi connectivity index (χ0v) is 12.4. The van der Waals surface area contributed by atoms with Gasteiger partial charge >= 0.3 is 17.9 Å². The second-order valence-corrected chi connectivity index (χ2v) is 2.37. The van der Waals surface area contributed by atoms with Crippen molar-refractivity contribution in [1.29, 1.82) is 0 Å². The van der Waals surface area contributed by atoms with Crippen molar-refractivity contribution in [1.82, 2.24) is 0 Å². The van der Waals surface area contributed by atoms with Crippen molar-refractivity contribution in [2.24, 2.45) is 0 Å². The summed E-state index contributed by atoms with van der Waals surface area (Å²) in [6.45, 7) is 8.72. The van der Waals surface area contributed by atoms with Crippen molar-refractivity contribution >= 4 is 17.9 Å². The lowest BCUT2D eigenvalue weighted by molar-refractivity contribution is -0.140. The monoisotopic (exact) mass is 266 g/mol. The topological polar surface area (TPSA) is 89.9 Å². The van der Waals surface area contributed by atoms with E-state index < -0.39 is 5.97 Å². The van der Waals surface area contributed by atoms with E-state index in [1.807, 2.05) is 13.8 Å². The van der Waals surface area contributed by atoms with E-state index in [0.29, 0.717) is 6.42 Å². The van der Waals surface area contributed by atoms with Gasteiger partial charge in [0.2, 0.25) is 0 Å². The summed E-state index contributed by atoms with van der Waals surface area (Å²) in [6.07, 6.45) is 0.691. The van der Waals surface area contributed by atoms with Crippen molar-refractivity contribution in [2.75, 3.05) is 14.2 Å². The van der Waals surface area contributed by atoms with Gasteiger partial charge in [0.15, 0.2) is 0 Å². The molecule has 0 fully saturated rings. The molecule has 0 heterocycles. The van der Waals surface area contributed by atoms with E-state index in [-0.39, 0.29) is 18.4 Å². The molecule has 0 aliphatic rings. The van der Waals surface area contributed by atoms with Crippen LogP contribution in [0.25, 0.3) is 0 Å². The smallest absolute Gasteiger partial charge is 0.305 e. The van der Waals surface area contributed by atoms with Gasteiger partial charge in [0, 0.05) is 19.8 Å². The summed E-state index contributed by atoms with van der Waals surface area (Å²) >= 11 is 0. The van der Waals surface area contributed by atoms with Gasteiger partial charge in [-0.2, -0.15) is 0 Å². The number of hydrogen-bond donors (Lipinski definition) is 1. The maximum atomic E-state index is 9.96. The van der Waals surface area contributed by atoms with Gasteiger partial charge in [-0.15, -0.1) is 0 Å². The molecule has 0 aromatic carbocycles. The van der Waals surface area contributed by atoms with E-state index in [2.05, 4.69) is 9.47 Å². The molecule has 0 aromatic rings. The molecule has 110 valence electrons. The van der Waals surface area contributed by atoms with Crippen LogP contribution in [-0.4, -0.2) is 37.2 Å². The van der Waals surface area contributed by atoms with E-state index in [9.17, 15) is 14.4 Å². The summed E-state index contributed by atoms with van der Waals surface area (Å²) in [6, 6.07) is 0. The molecule has 1 N–H and O–H groups in total. The average Bonchev–Trinajstić information content (AvgIpc) is 2.41. The van der Waals surface area contributed by atoms with Gasteiger partial charge in [0.1, 0.15) is 0 Å². The molecule has 0 spiro atoms. The van der Waals surface area contributed by atoms with E-state index >= 15 is 0 Å². The van der Waals surface area contributed by atoms with Crippen LogP contribution in [0.4, 0.5) is 0 Å². The van der Waals surface area contributed by atoms with E-state index in [4.69, 9.17) is 5.11 Å². The first kappa shape index (κ1) is 25.3. The third kappa shape index (κ3) is 63.1. The number of carboxylic acid groups (broad SMARTS) is 1. The lowest BCUT2D eigenvalue weighted by atomic mass is 10.5. The first-order valence-electron chi connectivity index (χ1n) is 5.68. The number of esters is 2. The molecule has 0 unspecified atom stereocenters. The quantitative estimate of drug-likeness (QED) is 0.771. The van der Waals surface area contributed by atoms with Gasteiger partial charge in [-0.1, -0.05) is 27.7 Å². The van der Waals surface area contributed by atoms with Crippen LogP contribution >= 0.6 is 0 Å². The molecule has 6 heteroatoms. The van der Waals surface area contributed by atoms with Crippen LogP contribution in [0.5, 0.6) is 0 Å².